The van der Waals surface area contributed by atoms with Crippen LogP contribution in [0.5, 0.6) is 11.5 Å². The van der Waals surface area contributed by atoms with Crippen LogP contribution in [0.1, 0.15) is 31.8 Å². The zero-order valence-corrected chi connectivity index (χ0v) is 21.4. The standard InChI is InChI=1S/C31H29N3O5/c1-39-25-17-13-23(14-18-25)29(36)33-27-10-6-5-9-26(27)30(37)34-28(19-21-11-15-24(35)16-12-21)31(38)32-20-22-7-3-2-4-8-22/h2-18,28,35H,19-20H2,1H3,(H,32,38)(H,33,36)(H,34,37). The molecular formula is C31H29N3O5. The highest BCUT2D eigenvalue weighted by Crippen LogP contribution is 2.19. The molecule has 0 aliphatic rings. The van der Waals surface area contributed by atoms with E-state index >= 15 is 0 Å². The maximum atomic E-state index is 13.4. The Balaban J connectivity index is 1.51. The van der Waals surface area contributed by atoms with Crippen molar-refractivity contribution in [2.24, 2.45) is 0 Å². The lowest BCUT2D eigenvalue weighted by Gasteiger charge is -2.20. The summed E-state index contributed by atoms with van der Waals surface area (Å²) in [4.78, 5) is 39.4. The molecule has 0 radical (unpaired) electrons. The molecule has 0 saturated heterocycles. The number of ether oxygens (including phenoxy) is 1. The van der Waals surface area contributed by atoms with Gasteiger partial charge in [-0.25, -0.2) is 0 Å². The van der Waals surface area contributed by atoms with Gasteiger partial charge in [0.05, 0.1) is 18.4 Å². The Hall–Kier alpha value is -5.11. The van der Waals surface area contributed by atoms with Crippen molar-refractivity contribution in [3.05, 3.63) is 125 Å². The first kappa shape index (κ1) is 26.9. The van der Waals surface area contributed by atoms with Crippen LogP contribution in [0.3, 0.4) is 0 Å². The monoisotopic (exact) mass is 523 g/mol. The molecule has 1 atom stereocenters. The molecule has 198 valence electrons. The predicted octanol–water partition coefficient (Wildman–Crippen LogP) is 4.31. The summed E-state index contributed by atoms with van der Waals surface area (Å²) in [5, 5.41) is 18.1. The van der Waals surface area contributed by atoms with Gasteiger partial charge in [0.25, 0.3) is 11.8 Å². The van der Waals surface area contributed by atoms with E-state index in [0.29, 0.717) is 23.5 Å². The second kappa shape index (κ2) is 12.9. The number of phenols is 1. The van der Waals surface area contributed by atoms with Crippen LogP contribution in [0.2, 0.25) is 0 Å². The van der Waals surface area contributed by atoms with E-state index in [1.165, 1.54) is 12.1 Å². The summed E-state index contributed by atoms with van der Waals surface area (Å²) in [6, 6.07) is 28.2. The van der Waals surface area contributed by atoms with Crippen molar-refractivity contribution in [2.75, 3.05) is 12.4 Å². The van der Waals surface area contributed by atoms with E-state index in [9.17, 15) is 19.5 Å². The second-order valence-corrected chi connectivity index (χ2v) is 8.83. The van der Waals surface area contributed by atoms with Crippen LogP contribution >= 0.6 is 0 Å². The molecule has 8 nitrogen and oxygen atoms in total. The number of methoxy groups -OCH3 is 1. The number of hydrogen-bond donors (Lipinski definition) is 4. The van der Waals surface area contributed by atoms with Crippen LogP contribution in [0.4, 0.5) is 5.69 Å². The minimum atomic E-state index is -0.906. The molecule has 0 aliphatic heterocycles. The molecular weight excluding hydrogens is 494 g/mol. The number of benzene rings is 4. The van der Waals surface area contributed by atoms with E-state index in [-0.39, 0.29) is 29.5 Å². The Morgan fingerprint density at radius 2 is 1.44 bits per heavy atom. The number of amides is 3. The van der Waals surface area contributed by atoms with Crippen molar-refractivity contribution >= 4 is 23.4 Å². The average Bonchev–Trinajstić information content (AvgIpc) is 2.97. The number of para-hydroxylation sites is 1. The highest BCUT2D eigenvalue weighted by Gasteiger charge is 2.23. The third-order valence-corrected chi connectivity index (χ3v) is 6.08. The lowest BCUT2D eigenvalue weighted by Crippen LogP contribution is -2.48. The first-order chi connectivity index (χ1) is 18.9. The zero-order valence-electron chi connectivity index (χ0n) is 21.4. The Bertz CT molecular complexity index is 1420. The summed E-state index contributed by atoms with van der Waals surface area (Å²) in [6.45, 7) is 0.302. The molecule has 39 heavy (non-hydrogen) atoms. The van der Waals surface area contributed by atoms with E-state index < -0.39 is 11.9 Å². The molecule has 0 saturated carbocycles. The summed E-state index contributed by atoms with van der Waals surface area (Å²) in [5.41, 5.74) is 2.60. The fourth-order valence-corrected chi connectivity index (χ4v) is 3.95. The summed E-state index contributed by atoms with van der Waals surface area (Å²) >= 11 is 0. The highest BCUT2D eigenvalue weighted by atomic mass is 16.5. The number of hydrogen-bond acceptors (Lipinski definition) is 5. The normalized spacial score (nSPS) is 11.2. The lowest BCUT2D eigenvalue weighted by molar-refractivity contribution is -0.123. The molecule has 0 aromatic heterocycles. The van der Waals surface area contributed by atoms with Gasteiger partial charge in [0.15, 0.2) is 0 Å². The number of carbonyl (C=O) groups is 3. The molecule has 0 spiro atoms. The van der Waals surface area contributed by atoms with Crippen LogP contribution in [0.15, 0.2) is 103 Å². The minimum absolute atomic E-state index is 0.106. The van der Waals surface area contributed by atoms with Crippen LogP contribution in [0, 0.1) is 0 Å². The predicted molar refractivity (Wildman–Crippen MR) is 149 cm³/mol. The quantitative estimate of drug-likeness (QED) is 0.247. The topological polar surface area (TPSA) is 117 Å². The molecule has 8 heteroatoms. The Labute approximate surface area is 226 Å². The molecule has 0 heterocycles. The smallest absolute Gasteiger partial charge is 0.255 e. The summed E-state index contributed by atoms with van der Waals surface area (Å²) in [6.07, 6.45) is 0.201. The van der Waals surface area contributed by atoms with E-state index in [2.05, 4.69) is 16.0 Å². The van der Waals surface area contributed by atoms with Crippen LogP contribution < -0.4 is 20.7 Å². The number of anilines is 1. The fraction of sp³-hybridized carbons (Fsp3) is 0.129. The highest BCUT2D eigenvalue weighted by molar-refractivity contribution is 6.09. The van der Waals surface area contributed by atoms with Crippen LogP contribution in [0.25, 0.3) is 0 Å². The maximum absolute atomic E-state index is 13.4. The number of phenolic OH excluding ortho intramolecular Hbond substituents is 1. The first-order valence-electron chi connectivity index (χ1n) is 12.4. The molecule has 0 aliphatic carbocycles. The van der Waals surface area contributed by atoms with Crippen molar-refractivity contribution in [2.45, 2.75) is 19.0 Å². The van der Waals surface area contributed by atoms with Crippen molar-refractivity contribution < 1.29 is 24.2 Å². The van der Waals surface area contributed by atoms with E-state index in [1.807, 2.05) is 30.3 Å². The third kappa shape index (κ3) is 7.45. The molecule has 4 aromatic rings. The molecule has 4 rings (SSSR count). The Morgan fingerprint density at radius 3 is 2.13 bits per heavy atom. The van der Waals surface area contributed by atoms with Crippen molar-refractivity contribution in [3.8, 4) is 11.5 Å². The van der Waals surface area contributed by atoms with E-state index in [4.69, 9.17) is 4.74 Å². The Morgan fingerprint density at radius 1 is 0.769 bits per heavy atom. The SMILES string of the molecule is COc1ccc(C(=O)Nc2ccccc2C(=O)NC(Cc2ccc(O)cc2)C(=O)NCc2ccccc2)cc1. The van der Waals surface area contributed by atoms with Crippen LogP contribution in [-0.4, -0.2) is 36.0 Å². The van der Waals surface area contributed by atoms with E-state index in [0.717, 1.165) is 11.1 Å². The fourth-order valence-electron chi connectivity index (χ4n) is 3.95. The second-order valence-electron chi connectivity index (χ2n) is 8.83. The zero-order chi connectivity index (χ0) is 27.6. The third-order valence-electron chi connectivity index (χ3n) is 6.08. The van der Waals surface area contributed by atoms with Gasteiger partial charge in [-0.3, -0.25) is 14.4 Å². The minimum Gasteiger partial charge on any atom is -0.508 e. The number of nitrogens with one attached hydrogen (secondary N) is 3. The van der Waals surface area contributed by atoms with Gasteiger partial charge in [0, 0.05) is 18.5 Å². The van der Waals surface area contributed by atoms with E-state index in [1.54, 1.807) is 67.8 Å². The summed E-state index contributed by atoms with van der Waals surface area (Å²) < 4.78 is 5.14. The molecule has 4 aromatic carbocycles. The largest absolute Gasteiger partial charge is 0.508 e. The summed E-state index contributed by atoms with van der Waals surface area (Å²) in [5.74, 6) is -0.538. The van der Waals surface area contributed by atoms with Gasteiger partial charge in [-0.2, -0.15) is 0 Å². The van der Waals surface area contributed by atoms with Crippen LogP contribution in [-0.2, 0) is 17.8 Å². The molecule has 0 fully saturated rings. The number of aromatic hydroxyl groups is 1. The van der Waals surface area contributed by atoms with Gasteiger partial charge in [-0.15, -0.1) is 0 Å². The van der Waals surface area contributed by atoms with Gasteiger partial charge in [0.2, 0.25) is 5.91 Å². The molecule has 3 amide bonds. The van der Waals surface area contributed by atoms with Crippen molar-refractivity contribution in [1.29, 1.82) is 0 Å². The number of carbonyl (C=O) groups excluding carboxylic acids is 3. The molecule has 1 unspecified atom stereocenters. The van der Waals surface area contributed by atoms with Crippen molar-refractivity contribution in [3.63, 3.8) is 0 Å². The average molecular weight is 524 g/mol. The van der Waals surface area contributed by atoms with Gasteiger partial charge < -0.3 is 25.8 Å². The van der Waals surface area contributed by atoms with Gasteiger partial charge >= 0.3 is 0 Å². The summed E-state index contributed by atoms with van der Waals surface area (Å²) in [7, 11) is 1.54. The first-order valence-corrected chi connectivity index (χ1v) is 12.4. The molecule has 4 N–H and O–H groups in total. The molecule has 0 bridgehead atoms. The van der Waals surface area contributed by atoms with Gasteiger partial charge in [0.1, 0.15) is 17.5 Å². The lowest BCUT2D eigenvalue weighted by atomic mass is 10.0. The van der Waals surface area contributed by atoms with Crippen molar-refractivity contribution in [1.82, 2.24) is 10.6 Å². The maximum Gasteiger partial charge on any atom is 0.255 e. The number of rotatable bonds is 10. The van der Waals surface area contributed by atoms with Gasteiger partial charge in [-0.1, -0.05) is 54.6 Å². The Kier molecular flexibility index (Phi) is 8.92. The van der Waals surface area contributed by atoms with Gasteiger partial charge in [-0.05, 0) is 59.7 Å².